The number of furan rings is 1. The second kappa shape index (κ2) is 4.96. The number of alkyl halides is 1. The summed E-state index contributed by atoms with van der Waals surface area (Å²) in [6.07, 6.45) is 0. The lowest BCUT2D eigenvalue weighted by atomic mass is 10.1. The van der Waals surface area contributed by atoms with Crippen LogP contribution in [0.15, 0.2) is 14.3 Å². The van der Waals surface area contributed by atoms with Crippen molar-refractivity contribution in [3.05, 3.63) is 42.4 Å². The van der Waals surface area contributed by atoms with E-state index in [2.05, 4.69) is 15.9 Å². The van der Waals surface area contributed by atoms with E-state index in [9.17, 15) is 0 Å². The maximum absolute atomic E-state index is 6.51. The van der Waals surface area contributed by atoms with Crippen molar-refractivity contribution < 1.29 is 4.42 Å². The van der Waals surface area contributed by atoms with Gasteiger partial charge in [0.05, 0.1) is 14.2 Å². The van der Waals surface area contributed by atoms with Gasteiger partial charge in [0.15, 0.2) is 0 Å². The van der Waals surface area contributed by atoms with E-state index >= 15 is 0 Å². The van der Waals surface area contributed by atoms with Gasteiger partial charge in [0.1, 0.15) is 11.5 Å². The van der Waals surface area contributed by atoms with Gasteiger partial charge in [-0.15, -0.1) is 22.9 Å². The SMILES string of the molecule is Cc1oc(C)c(C(Cl)c2cc(Cl)c(Br)s2)c1C. The van der Waals surface area contributed by atoms with Crippen LogP contribution in [0.25, 0.3) is 0 Å². The van der Waals surface area contributed by atoms with Crippen molar-refractivity contribution in [3.63, 3.8) is 0 Å². The molecule has 17 heavy (non-hydrogen) atoms. The van der Waals surface area contributed by atoms with Crippen molar-refractivity contribution in [2.24, 2.45) is 0 Å². The maximum atomic E-state index is 6.51. The quantitative estimate of drug-likeness (QED) is 0.602. The average Bonchev–Trinajstić information content (AvgIpc) is 2.70. The van der Waals surface area contributed by atoms with Gasteiger partial charge in [0.2, 0.25) is 0 Å². The van der Waals surface area contributed by atoms with Gasteiger partial charge in [-0.25, -0.2) is 0 Å². The first-order chi connectivity index (χ1) is 7.91. The zero-order chi connectivity index (χ0) is 12.7. The summed E-state index contributed by atoms with van der Waals surface area (Å²) in [4.78, 5) is 1.02. The fourth-order valence-corrected chi connectivity index (χ4v) is 4.06. The van der Waals surface area contributed by atoms with Crippen molar-refractivity contribution in [2.75, 3.05) is 0 Å². The topological polar surface area (TPSA) is 13.1 Å². The first-order valence-corrected chi connectivity index (χ1v) is 7.49. The largest absolute Gasteiger partial charge is 0.466 e. The number of halogens is 3. The highest BCUT2D eigenvalue weighted by atomic mass is 79.9. The van der Waals surface area contributed by atoms with Gasteiger partial charge in [0.25, 0.3) is 0 Å². The van der Waals surface area contributed by atoms with Crippen molar-refractivity contribution in [1.29, 1.82) is 0 Å². The molecule has 0 saturated heterocycles. The zero-order valence-electron chi connectivity index (χ0n) is 9.61. The molecule has 0 spiro atoms. The Labute approximate surface area is 123 Å². The van der Waals surface area contributed by atoms with Crippen LogP contribution >= 0.6 is 50.5 Å². The van der Waals surface area contributed by atoms with Gasteiger partial charge in [-0.3, -0.25) is 0 Å². The fourth-order valence-electron chi connectivity index (χ4n) is 1.81. The first kappa shape index (κ1) is 13.5. The summed E-state index contributed by atoms with van der Waals surface area (Å²) in [6.45, 7) is 5.92. The number of hydrogen-bond acceptors (Lipinski definition) is 2. The van der Waals surface area contributed by atoms with E-state index < -0.39 is 0 Å². The summed E-state index contributed by atoms with van der Waals surface area (Å²) < 4.78 is 6.51. The van der Waals surface area contributed by atoms with E-state index in [0.717, 1.165) is 31.3 Å². The molecule has 0 radical (unpaired) electrons. The molecule has 5 heteroatoms. The predicted molar refractivity (Wildman–Crippen MR) is 77.6 cm³/mol. The minimum absolute atomic E-state index is 0.207. The lowest BCUT2D eigenvalue weighted by molar-refractivity contribution is 0.500. The third kappa shape index (κ3) is 2.43. The lowest BCUT2D eigenvalue weighted by Crippen LogP contribution is -1.93. The molecule has 92 valence electrons. The molecule has 0 fully saturated rings. The zero-order valence-corrected chi connectivity index (χ0v) is 13.5. The van der Waals surface area contributed by atoms with Crippen LogP contribution in [0.2, 0.25) is 5.02 Å². The minimum Gasteiger partial charge on any atom is -0.466 e. The maximum Gasteiger partial charge on any atom is 0.106 e. The van der Waals surface area contributed by atoms with Crippen molar-refractivity contribution in [3.8, 4) is 0 Å². The van der Waals surface area contributed by atoms with Crippen LogP contribution in [0.1, 0.15) is 32.9 Å². The predicted octanol–water partition coefficient (Wildman–Crippen LogP) is 6.01. The van der Waals surface area contributed by atoms with Crippen LogP contribution in [0.4, 0.5) is 0 Å². The minimum atomic E-state index is -0.207. The Morgan fingerprint density at radius 2 is 1.94 bits per heavy atom. The number of rotatable bonds is 2. The second-order valence-corrected chi connectivity index (χ2v) is 7.13. The molecule has 0 aromatic carbocycles. The molecule has 0 saturated carbocycles. The van der Waals surface area contributed by atoms with Crippen molar-refractivity contribution >= 4 is 50.5 Å². The molecular formula is C12H11BrCl2OS. The Balaban J connectivity index is 2.46. The highest BCUT2D eigenvalue weighted by Gasteiger charge is 2.23. The fraction of sp³-hybridized carbons (Fsp3) is 0.333. The lowest BCUT2D eigenvalue weighted by Gasteiger charge is -2.07. The van der Waals surface area contributed by atoms with Gasteiger partial charge in [-0.1, -0.05) is 11.6 Å². The van der Waals surface area contributed by atoms with Crippen LogP contribution in [-0.2, 0) is 0 Å². The highest BCUT2D eigenvalue weighted by molar-refractivity contribution is 9.11. The number of hydrogen-bond donors (Lipinski definition) is 0. The monoisotopic (exact) mass is 352 g/mol. The summed E-state index contributed by atoms with van der Waals surface area (Å²) in [5.41, 5.74) is 2.16. The van der Waals surface area contributed by atoms with Gasteiger partial charge >= 0.3 is 0 Å². The molecule has 0 aliphatic carbocycles. The smallest absolute Gasteiger partial charge is 0.106 e. The summed E-state index contributed by atoms with van der Waals surface area (Å²) in [6, 6.07) is 1.90. The number of aryl methyl sites for hydroxylation is 2. The molecule has 0 aliphatic heterocycles. The van der Waals surface area contributed by atoms with Crippen molar-refractivity contribution in [2.45, 2.75) is 26.1 Å². The van der Waals surface area contributed by atoms with Crippen molar-refractivity contribution in [1.82, 2.24) is 0 Å². The molecular weight excluding hydrogens is 343 g/mol. The Kier molecular flexibility index (Phi) is 3.93. The van der Waals surface area contributed by atoms with Crippen LogP contribution in [-0.4, -0.2) is 0 Å². The van der Waals surface area contributed by atoms with Gasteiger partial charge in [-0.05, 0) is 48.3 Å². The Bertz CT molecular complexity index is 540. The average molecular weight is 354 g/mol. The molecule has 1 unspecified atom stereocenters. The van der Waals surface area contributed by atoms with Gasteiger partial charge in [0, 0.05) is 10.4 Å². The van der Waals surface area contributed by atoms with Crippen LogP contribution in [0, 0.1) is 20.8 Å². The Morgan fingerprint density at radius 3 is 2.35 bits per heavy atom. The summed E-state index contributed by atoms with van der Waals surface area (Å²) >= 11 is 17.5. The van der Waals surface area contributed by atoms with E-state index in [-0.39, 0.29) is 5.38 Å². The van der Waals surface area contributed by atoms with Gasteiger partial charge in [-0.2, -0.15) is 0 Å². The van der Waals surface area contributed by atoms with E-state index in [1.807, 2.05) is 26.8 Å². The normalized spacial score (nSPS) is 13.1. The van der Waals surface area contributed by atoms with Gasteiger partial charge < -0.3 is 4.42 Å². The second-order valence-electron chi connectivity index (χ2n) is 3.89. The molecule has 0 N–H and O–H groups in total. The first-order valence-electron chi connectivity index (χ1n) is 5.07. The van der Waals surface area contributed by atoms with E-state index in [4.69, 9.17) is 27.6 Å². The molecule has 0 bridgehead atoms. The molecule has 1 nitrogen and oxygen atoms in total. The summed E-state index contributed by atoms with van der Waals surface area (Å²) in [7, 11) is 0. The molecule has 0 aliphatic rings. The third-order valence-corrected chi connectivity index (χ3v) is 5.91. The number of thiophene rings is 1. The standard InChI is InChI=1S/C12H11BrCl2OS/c1-5-6(2)16-7(3)10(5)11(15)9-4-8(14)12(13)17-9/h4,11H,1-3H3. The Morgan fingerprint density at radius 1 is 1.29 bits per heavy atom. The third-order valence-electron chi connectivity index (χ3n) is 2.79. The summed E-state index contributed by atoms with van der Waals surface area (Å²) in [5, 5.41) is 0.493. The molecule has 2 aromatic rings. The molecule has 0 amide bonds. The van der Waals surface area contributed by atoms with Crippen LogP contribution in [0.3, 0.4) is 0 Å². The highest BCUT2D eigenvalue weighted by Crippen LogP contribution is 2.42. The summed E-state index contributed by atoms with van der Waals surface area (Å²) in [5.74, 6) is 1.80. The molecule has 2 heterocycles. The molecule has 1 atom stereocenters. The van der Waals surface area contributed by atoms with E-state index in [1.54, 1.807) is 11.3 Å². The van der Waals surface area contributed by atoms with Crippen LogP contribution < -0.4 is 0 Å². The van der Waals surface area contributed by atoms with Crippen LogP contribution in [0.5, 0.6) is 0 Å². The molecule has 2 rings (SSSR count). The van der Waals surface area contributed by atoms with E-state index in [1.165, 1.54) is 0 Å². The molecule has 2 aromatic heterocycles. The Hall–Kier alpha value is 0.0400. The van der Waals surface area contributed by atoms with E-state index in [0.29, 0.717) is 5.02 Å².